The second-order valence-electron chi connectivity index (χ2n) is 5.75. The van der Waals surface area contributed by atoms with Crippen LogP contribution in [0.4, 0.5) is 4.39 Å². The van der Waals surface area contributed by atoms with E-state index < -0.39 is 0 Å². The molecule has 0 aromatic heterocycles. The van der Waals surface area contributed by atoms with Gasteiger partial charge in [0.2, 0.25) is 0 Å². The predicted octanol–water partition coefficient (Wildman–Crippen LogP) is 1.65. The lowest BCUT2D eigenvalue weighted by atomic mass is 10.1. The summed E-state index contributed by atoms with van der Waals surface area (Å²) in [6.45, 7) is 4.44. The summed E-state index contributed by atoms with van der Waals surface area (Å²) in [5.74, 6) is -0.0980. The molecule has 1 aromatic rings. The van der Waals surface area contributed by atoms with Crippen molar-refractivity contribution in [3.63, 3.8) is 0 Å². The van der Waals surface area contributed by atoms with Gasteiger partial charge in [-0.05, 0) is 30.5 Å². The monoisotopic (exact) mass is 292 g/mol. The van der Waals surface area contributed by atoms with Crippen molar-refractivity contribution in [3.05, 3.63) is 35.6 Å². The smallest absolute Gasteiger partial charge is 0.253 e. The number of carbonyl (C=O) groups is 1. The molecule has 2 heterocycles. The van der Waals surface area contributed by atoms with E-state index in [4.69, 9.17) is 4.74 Å². The Bertz CT molecular complexity index is 486. The van der Waals surface area contributed by atoms with Crippen molar-refractivity contribution in [3.8, 4) is 0 Å². The van der Waals surface area contributed by atoms with E-state index >= 15 is 0 Å². The van der Waals surface area contributed by atoms with Gasteiger partial charge in [0.25, 0.3) is 5.91 Å². The maximum Gasteiger partial charge on any atom is 0.253 e. The molecule has 1 atom stereocenters. The van der Waals surface area contributed by atoms with Crippen LogP contribution in [0, 0.1) is 5.82 Å². The molecule has 0 spiro atoms. The molecule has 114 valence electrons. The van der Waals surface area contributed by atoms with Crippen LogP contribution in [0.2, 0.25) is 0 Å². The topological polar surface area (TPSA) is 32.8 Å². The van der Waals surface area contributed by atoms with Crippen LogP contribution in [0.15, 0.2) is 24.3 Å². The fourth-order valence-electron chi connectivity index (χ4n) is 2.98. The molecular weight excluding hydrogens is 271 g/mol. The highest BCUT2D eigenvalue weighted by molar-refractivity contribution is 5.81. The number of amides is 1. The van der Waals surface area contributed by atoms with Crippen LogP contribution in [0.1, 0.15) is 18.4 Å². The van der Waals surface area contributed by atoms with Gasteiger partial charge in [-0.1, -0.05) is 12.1 Å². The molecular formula is C16H21FN2O2. The number of halogens is 1. The molecule has 0 N–H and O–H groups in total. The highest BCUT2D eigenvalue weighted by Gasteiger charge is 2.31. The third-order valence-corrected chi connectivity index (χ3v) is 4.16. The zero-order valence-corrected chi connectivity index (χ0v) is 12.1. The molecule has 1 unspecified atom stereocenters. The van der Waals surface area contributed by atoms with E-state index in [1.54, 1.807) is 12.1 Å². The number of hydrogen-bond acceptors (Lipinski definition) is 3. The number of benzene rings is 1. The molecule has 2 aliphatic rings. The molecule has 0 saturated carbocycles. The van der Waals surface area contributed by atoms with Crippen LogP contribution < -0.4 is 0 Å². The Balaban J connectivity index is 1.57. The minimum absolute atomic E-state index is 0.122. The van der Waals surface area contributed by atoms with Crippen molar-refractivity contribution in [2.45, 2.75) is 25.5 Å². The summed E-state index contributed by atoms with van der Waals surface area (Å²) >= 11 is 0. The SMILES string of the molecule is O=C(C1CN(Cc2ccc(F)cc2)CCO1)N1CCCC1. The highest BCUT2D eigenvalue weighted by atomic mass is 19.1. The molecule has 0 radical (unpaired) electrons. The molecule has 1 amide bonds. The quantitative estimate of drug-likeness (QED) is 0.849. The molecule has 3 rings (SSSR count). The average molecular weight is 292 g/mol. The van der Waals surface area contributed by atoms with Crippen molar-refractivity contribution < 1.29 is 13.9 Å². The lowest BCUT2D eigenvalue weighted by molar-refractivity contribution is -0.148. The van der Waals surface area contributed by atoms with E-state index in [0.29, 0.717) is 13.2 Å². The summed E-state index contributed by atoms with van der Waals surface area (Å²) < 4.78 is 18.6. The second kappa shape index (κ2) is 6.54. The van der Waals surface area contributed by atoms with Crippen LogP contribution in [-0.4, -0.2) is 54.6 Å². The predicted molar refractivity (Wildman–Crippen MR) is 77.2 cm³/mol. The number of hydrogen-bond donors (Lipinski definition) is 0. The van der Waals surface area contributed by atoms with E-state index in [1.165, 1.54) is 12.1 Å². The molecule has 2 aliphatic heterocycles. The first-order valence-corrected chi connectivity index (χ1v) is 7.59. The van der Waals surface area contributed by atoms with E-state index in [0.717, 1.165) is 44.6 Å². The first-order chi connectivity index (χ1) is 10.2. The Morgan fingerprint density at radius 2 is 1.90 bits per heavy atom. The zero-order chi connectivity index (χ0) is 14.7. The number of likely N-dealkylation sites (tertiary alicyclic amines) is 1. The molecule has 0 aliphatic carbocycles. The minimum Gasteiger partial charge on any atom is -0.366 e. The normalized spacial score (nSPS) is 23.5. The lowest BCUT2D eigenvalue weighted by Crippen LogP contribution is -2.50. The highest BCUT2D eigenvalue weighted by Crippen LogP contribution is 2.15. The van der Waals surface area contributed by atoms with Crippen LogP contribution in [0.5, 0.6) is 0 Å². The fraction of sp³-hybridized carbons (Fsp3) is 0.562. The third kappa shape index (κ3) is 3.60. The number of rotatable bonds is 3. The van der Waals surface area contributed by atoms with Gasteiger partial charge in [0, 0.05) is 32.7 Å². The first kappa shape index (κ1) is 14.5. The summed E-state index contributed by atoms with van der Waals surface area (Å²) in [6.07, 6.45) is 1.84. The summed E-state index contributed by atoms with van der Waals surface area (Å²) in [7, 11) is 0. The number of ether oxygens (including phenoxy) is 1. The summed E-state index contributed by atoms with van der Waals surface area (Å²) in [5.41, 5.74) is 1.06. The Labute approximate surface area is 124 Å². The van der Waals surface area contributed by atoms with Crippen molar-refractivity contribution in [2.75, 3.05) is 32.8 Å². The molecule has 1 aromatic carbocycles. The lowest BCUT2D eigenvalue weighted by Gasteiger charge is -2.34. The van der Waals surface area contributed by atoms with Crippen molar-refractivity contribution in [2.24, 2.45) is 0 Å². The molecule has 0 bridgehead atoms. The molecule has 4 nitrogen and oxygen atoms in total. The average Bonchev–Trinajstić information content (AvgIpc) is 3.03. The molecule has 2 saturated heterocycles. The van der Waals surface area contributed by atoms with Gasteiger partial charge in [-0.15, -0.1) is 0 Å². The van der Waals surface area contributed by atoms with Crippen LogP contribution in [0.25, 0.3) is 0 Å². The first-order valence-electron chi connectivity index (χ1n) is 7.59. The number of morpholine rings is 1. The number of carbonyl (C=O) groups excluding carboxylic acids is 1. The van der Waals surface area contributed by atoms with Gasteiger partial charge in [-0.3, -0.25) is 9.69 Å². The third-order valence-electron chi connectivity index (χ3n) is 4.16. The van der Waals surface area contributed by atoms with E-state index in [2.05, 4.69) is 4.90 Å². The van der Waals surface area contributed by atoms with E-state index in [-0.39, 0.29) is 17.8 Å². The van der Waals surface area contributed by atoms with Crippen molar-refractivity contribution >= 4 is 5.91 Å². The Morgan fingerprint density at radius 1 is 1.19 bits per heavy atom. The molecule has 2 fully saturated rings. The van der Waals surface area contributed by atoms with Gasteiger partial charge in [0.05, 0.1) is 6.61 Å². The van der Waals surface area contributed by atoms with E-state index in [1.807, 2.05) is 4.90 Å². The van der Waals surface area contributed by atoms with E-state index in [9.17, 15) is 9.18 Å². The van der Waals surface area contributed by atoms with Gasteiger partial charge in [-0.2, -0.15) is 0 Å². The maximum atomic E-state index is 12.9. The summed E-state index contributed by atoms with van der Waals surface area (Å²) in [4.78, 5) is 16.5. The summed E-state index contributed by atoms with van der Waals surface area (Å²) in [5, 5.41) is 0. The Kier molecular flexibility index (Phi) is 4.51. The maximum absolute atomic E-state index is 12.9. The van der Waals surface area contributed by atoms with Crippen LogP contribution >= 0.6 is 0 Å². The van der Waals surface area contributed by atoms with Gasteiger partial charge >= 0.3 is 0 Å². The van der Waals surface area contributed by atoms with Gasteiger partial charge < -0.3 is 9.64 Å². The zero-order valence-electron chi connectivity index (χ0n) is 12.1. The van der Waals surface area contributed by atoms with Gasteiger partial charge in [0.1, 0.15) is 11.9 Å². The summed E-state index contributed by atoms with van der Waals surface area (Å²) in [6, 6.07) is 6.54. The van der Waals surface area contributed by atoms with Crippen LogP contribution in [0.3, 0.4) is 0 Å². The largest absolute Gasteiger partial charge is 0.366 e. The fourth-order valence-corrected chi connectivity index (χ4v) is 2.98. The minimum atomic E-state index is -0.350. The van der Waals surface area contributed by atoms with Crippen molar-refractivity contribution in [1.82, 2.24) is 9.80 Å². The van der Waals surface area contributed by atoms with Gasteiger partial charge in [0.15, 0.2) is 0 Å². The molecule has 5 heteroatoms. The standard InChI is InChI=1S/C16H21FN2O2/c17-14-5-3-13(4-6-14)11-18-9-10-21-15(12-18)16(20)19-7-1-2-8-19/h3-6,15H,1-2,7-12H2. The van der Waals surface area contributed by atoms with Crippen LogP contribution in [-0.2, 0) is 16.1 Å². The number of nitrogens with zero attached hydrogens (tertiary/aromatic N) is 2. The Hall–Kier alpha value is -1.46. The van der Waals surface area contributed by atoms with Crippen molar-refractivity contribution in [1.29, 1.82) is 0 Å². The Morgan fingerprint density at radius 3 is 2.62 bits per heavy atom. The second-order valence-corrected chi connectivity index (χ2v) is 5.75. The van der Waals surface area contributed by atoms with Gasteiger partial charge in [-0.25, -0.2) is 4.39 Å². The molecule has 21 heavy (non-hydrogen) atoms.